The summed E-state index contributed by atoms with van der Waals surface area (Å²) in [5.41, 5.74) is 0. The predicted molar refractivity (Wildman–Crippen MR) is 45.1 cm³/mol. The van der Waals surface area contributed by atoms with Crippen LogP contribution in [0.15, 0.2) is 0 Å². The Morgan fingerprint density at radius 1 is 1.50 bits per heavy atom. The minimum absolute atomic E-state index is 0.886. The van der Waals surface area contributed by atoms with Gasteiger partial charge in [-0.3, -0.25) is 0 Å². The van der Waals surface area contributed by atoms with Crippen LogP contribution >= 0.6 is 0 Å². The molecule has 1 saturated heterocycles. The highest BCUT2D eigenvalue weighted by atomic mass is 15.1. The van der Waals surface area contributed by atoms with Crippen LogP contribution in [-0.4, -0.2) is 12.6 Å². The van der Waals surface area contributed by atoms with E-state index in [-0.39, 0.29) is 0 Å². The van der Waals surface area contributed by atoms with E-state index >= 15 is 0 Å². The molecular formula is C9H19N. The maximum atomic E-state index is 3.39. The third kappa shape index (κ3) is 2.30. The minimum atomic E-state index is 0.886. The Morgan fingerprint density at radius 3 is 2.60 bits per heavy atom. The van der Waals surface area contributed by atoms with Gasteiger partial charge in [-0.1, -0.05) is 33.1 Å². The Hall–Kier alpha value is -0.0400. The first-order chi connectivity index (χ1) is 4.88. The molecule has 2 atom stereocenters. The molecule has 1 fully saturated rings. The molecule has 0 bridgehead atoms. The third-order valence-corrected chi connectivity index (χ3v) is 2.46. The Morgan fingerprint density at radius 2 is 2.20 bits per heavy atom. The van der Waals surface area contributed by atoms with E-state index in [1.54, 1.807) is 0 Å². The first kappa shape index (κ1) is 8.06. The standard InChI is InChI=1S/C9H19N/c1-3-5-6-8(4-2)9-7-10-9/h8-10H,3-7H2,1-2H3. The van der Waals surface area contributed by atoms with Gasteiger partial charge in [0.05, 0.1) is 0 Å². The van der Waals surface area contributed by atoms with Crippen LogP contribution in [0, 0.1) is 5.92 Å². The van der Waals surface area contributed by atoms with Crippen molar-refractivity contribution in [2.45, 2.75) is 45.6 Å². The van der Waals surface area contributed by atoms with Crippen molar-refractivity contribution < 1.29 is 0 Å². The number of rotatable bonds is 5. The average Bonchev–Trinajstić information content (AvgIpc) is 2.73. The monoisotopic (exact) mass is 141 g/mol. The predicted octanol–water partition coefficient (Wildman–Crippen LogP) is 2.17. The molecular weight excluding hydrogens is 122 g/mol. The second kappa shape index (κ2) is 3.97. The van der Waals surface area contributed by atoms with E-state index in [2.05, 4.69) is 19.2 Å². The van der Waals surface area contributed by atoms with Gasteiger partial charge >= 0.3 is 0 Å². The molecule has 0 radical (unpaired) electrons. The molecule has 0 spiro atoms. The van der Waals surface area contributed by atoms with Crippen molar-refractivity contribution in [2.24, 2.45) is 5.92 Å². The number of nitrogens with one attached hydrogen (secondary N) is 1. The average molecular weight is 141 g/mol. The summed E-state index contributed by atoms with van der Waals surface area (Å²) in [5.74, 6) is 0.972. The van der Waals surface area contributed by atoms with E-state index in [0.29, 0.717) is 0 Å². The van der Waals surface area contributed by atoms with E-state index < -0.39 is 0 Å². The van der Waals surface area contributed by atoms with Gasteiger partial charge in [-0.2, -0.15) is 0 Å². The van der Waals surface area contributed by atoms with E-state index in [0.717, 1.165) is 12.0 Å². The van der Waals surface area contributed by atoms with Crippen LogP contribution in [0.1, 0.15) is 39.5 Å². The lowest BCUT2D eigenvalue weighted by molar-refractivity contribution is 0.443. The summed E-state index contributed by atoms with van der Waals surface area (Å²) in [7, 11) is 0. The van der Waals surface area contributed by atoms with Gasteiger partial charge in [0.25, 0.3) is 0 Å². The van der Waals surface area contributed by atoms with Crippen LogP contribution in [0.5, 0.6) is 0 Å². The molecule has 0 aliphatic carbocycles. The topological polar surface area (TPSA) is 21.9 Å². The van der Waals surface area contributed by atoms with E-state index in [9.17, 15) is 0 Å². The molecule has 0 saturated carbocycles. The lowest BCUT2D eigenvalue weighted by Crippen LogP contribution is -2.09. The van der Waals surface area contributed by atoms with Crippen molar-refractivity contribution >= 4 is 0 Å². The molecule has 2 unspecified atom stereocenters. The molecule has 0 aromatic carbocycles. The molecule has 10 heavy (non-hydrogen) atoms. The van der Waals surface area contributed by atoms with Crippen molar-refractivity contribution in [3.8, 4) is 0 Å². The Kier molecular flexibility index (Phi) is 3.20. The van der Waals surface area contributed by atoms with Crippen LogP contribution in [0.4, 0.5) is 0 Å². The summed E-state index contributed by atoms with van der Waals surface area (Å²) in [5, 5.41) is 3.39. The molecule has 1 heteroatoms. The third-order valence-electron chi connectivity index (χ3n) is 2.46. The molecule has 0 aromatic heterocycles. The molecule has 0 amide bonds. The molecule has 0 aromatic rings. The van der Waals surface area contributed by atoms with Crippen molar-refractivity contribution in [1.82, 2.24) is 5.32 Å². The number of hydrogen-bond donors (Lipinski definition) is 1. The van der Waals surface area contributed by atoms with Crippen LogP contribution in [0.25, 0.3) is 0 Å². The van der Waals surface area contributed by atoms with Gasteiger partial charge in [-0.05, 0) is 12.3 Å². The van der Waals surface area contributed by atoms with E-state index in [1.807, 2.05) is 0 Å². The maximum Gasteiger partial charge on any atom is 0.0221 e. The van der Waals surface area contributed by atoms with Crippen molar-refractivity contribution in [1.29, 1.82) is 0 Å². The SMILES string of the molecule is CCCCC(CC)C1CN1. The van der Waals surface area contributed by atoms with Gasteiger partial charge in [-0.25, -0.2) is 0 Å². The van der Waals surface area contributed by atoms with Crippen molar-refractivity contribution in [2.75, 3.05) is 6.54 Å². The van der Waals surface area contributed by atoms with E-state index in [1.165, 1.54) is 32.2 Å². The summed E-state index contributed by atoms with van der Waals surface area (Å²) in [4.78, 5) is 0. The van der Waals surface area contributed by atoms with Crippen molar-refractivity contribution in [3.05, 3.63) is 0 Å². The smallest absolute Gasteiger partial charge is 0.0221 e. The second-order valence-electron chi connectivity index (χ2n) is 3.33. The fraction of sp³-hybridized carbons (Fsp3) is 1.00. The normalized spacial score (nSPS) is 26.4. The zero-order valence-electron chi connectivity index (χ0n) is 7.19. The van der Waals surface area contributed by atoms with Crippen molar-refractivity contribution in [3.63, 3.8) is 0 Å². The van der Waals surface area contributed by atoms with Gasteiger partial charge in [0, 0.05) is 12.6 Å². The van der Waals surface area contributed by atoms with Gasteiger partial charge in [0.15, 0.2) is 0 Å². The first-order valence-electron chi connectivity index (χ1n) is 4.61. The maximum absolute atomic E-state index is 3.39. The molecule has 1 rings (SSSR count). The van der Waals surface area contributed by atoms with E-state index in [4.69, 9.17) is 0 Å². The molecule has 60 valence electrons. The zero-order chi connectivity index (χ0) is 7.40. The first-order valence-corrected chi connectivity index (χ1v) is 4.61. The highest BCUT2D eigenvalue weighted by Crippen LogP contribution is 2.21. The Balaban J connectivity index is 2.07. The Bertz CT molecular complexity index is 86.7. The summed E-state index contributed by atoms with van der Waals surface area (Å²) >= 11 is 0. The fourth-order valence-corrected chi connectivity index (χ4v) is 1.56. The summed E-state index contributed by atoms with van der Waals surface area (Å²) < 4.78 is 0. The molecule has 1 heterocycles. The quantitative estimate of drug-likeness (QED) is 0.582. The van der Waals surface area contributed by atoms with Crippen LogP contribution in [0.2, 0.25) is 0 Å². The summed E-state index contributed by atoms with van der Waals surface area (Å²) in [6.45, 7) is 5.86. The highest BCUT2D eigenvalue weighted by molar-refractivity contribution is 4.89. The lowest BCUT2D eigenvalue weighted by Gasteiger charge is -2.10. The molecule has 1 aliphatic rings. The molecule has 1 aliphatic heterocycles. The van der Waals surface area contributed by atoms with Crippen LogP contribution in [-0.2, 0) is 0 Å². The summed E-state index contributed by atoms with van der Waals surface area (Å²) in [6, 6.07) is 0.886. The largest absolute Gasteiger partial charge is 0.311 e. The van der Waals surface area contributed by atoms with Gasteiger partial charge in [0.1, 0.15) is 0 Å². The minimum Gasteiger partial charge on any atom is -0.311 e. The number of hydrogen-bond acceptors (Lipinski definition) is 1. The molecule has 1 N–H and O–H groups in total. The van der Waals surface area contributed by atoms with Gasteiger partial charge in [0.2, 0.25) is 0 Å². The zero-order valence-corrected chi connectivity index (χ0v) is 7.19. The number of unbranched alkanes of at least 4 members (excludes halogenated alkanes) is 1. The Labute approximate surface area is 64.2 Å². The van der Waals surface area contributed by atoms with Gasteiger partial charge in [-0.15, -0.1) is 0 Å². The fourth-order valence-electron chi connectivity index (χ4n) is 1.56. The second-order valence-corrected chi connectivity index (χ2v) is 3.33. The highest BCUT2D eigenvalue weighted by Gasteiger charge is 2.27. The van der Waals surface area contributed by atoms with Gasteiger partial charge < -0.3 is 5.32 Å². The molecule has 1 nitrogen and oxygen atoms in total. The lowest BCUT2D eigenvalue weighted by atomic mass is 9.96. The van der Waals surface area contributed by atoms with Crippen LogP contribution < -0.4 is 5.32 Å². The van der Waals surface area contributed by atoms with Crippen LogP contribution in [0.3, 0.4) is 0 Å². The summed E-state index contributed by atoms with van der Waals surface area (Å²) in [6.07, 6.45) is 5.56.